The number of carbonyl (C=O) groups excluding carboxylic acids is 2. The summed E-state index contributed by atoms with van der Waals surface area (Å²) in [6.07, 6.45) is 5.69. The van der Waals surface area contributed by atoms with E-state index in [1.54, 1.807) is 6.07 Å². The Kier molecular flexibility index (Phi) is 7.63. The van der Waals surface area contributed by atoms with Crippen molar-refractivity contribution in [1.82, 2.24) is 0 Å². The number of rotatable bonds is 11. The number of anilines is 2. The lowest BCUT2D eigenvalue weighted by atomic mass is 9.95. The van der Waals surface area contributed by atoms with Gasteiger partial charge in [-0.1, -0.05) is 33.1 Å². The molecule has 0 aliphatic rings. The molecule has 0 aliphatic carbocycles. The van der Waals surface area contributed by atoms with Crippen molar-refractivity contribution in [3.05, 3.63) is 46.7 Å². The standard InChI is InChI=1S/C26H32N2O5/c1-3-5-7-9-22-24(25(31)16-11-19(27)26(32)20(28)12-16)18-14-21(30)15(13-23(18)33-22)10-17(29)8-6-4-2/h11-14,30,32H,3-10,27-28H2,1-2H3. The third-order valence-electron chi connectivity index (χ3n) is 5.82. The molecule has 0 aliphatic heterocycles. The van der Waals surface area contributed by atoms with E-state index >= 15 is 0 Å². The summed E-state index contributed by atoms with van der Waals surface area (Å²) in [4.78, 5) is 25.7. The van der Waals surface area contributed by atoms with Crippen LogP contribution in [0, 0.1) is 0 Å². The lowest BCUT2D eigenvalue weighted by molar-refractivity contribution is -0.118. The first-order valence-corrected chi connectivity index (χ1v) is 11.5. The van der Waals surface area contributed by atoms with Gasteiger partial charge in [-0.2, -0.15) is 0 Å². The number of unbranched alkanes of at least 4 members (excludes halogenated alkanes) is 3. The van der Waals surface area contributed by atoms with Gasteiger partial charge in [-0.3, -0.25) is 9.59 Å². The summed E-state index contributed by atoms with van der Waals surface area (Å²) in [6.45, 7) is 4.11. The van der Waals surface area contributed by atoms with Crippen LogP contribution in [0.1, 0.15) is 79.6 Å². The molecule has 0 bridgehead atoms. The topological polar surface area (TPSA) is 140 Å². The Bertz CT molecular complexity index is 1160. The maximum absolute atomic E-state index is 13.5. The SMILES string of the molecule is CCCCCc1oc2cc(CC(=O)CCCC)c(O)cc2c1C(=O)c1cc(N)c(O)c(N)c1. The van der Waals surface area contributed by atoms with Gasteiger partial charge in [-0.25, -0.2) is 0 Å². The minimum Gasteiger partial charge on any atom is -0.508 e. The fraction of sp³-hybridized carbons (Fsp3) is 0.385. The summed E-state index contributed by atoms with van der Waals surface area (Å²) in [5.74, 6) is -0.103. The van der Waals surface area contributed by atoms with E-state index in [1.165, 1.54) is 18.2 Å². The van der Waals surface area contributed by atoms with Crippen molar-refractivity contribution in [1.29, 1.82) is 0 Å². The quantitative estimate of drug-likeness (QED) is 0.134. The lowest BCUT2D eigenvalue weighted by Gasteiger charge is -2.08. The zero-order valence-corrected chi connectivity index (χ0v) is 19.2. The average Bonchev–Trinajstić information content (AvgIpc) is 3.12. The van der Waals surface area contributed by atoms with Crippen molar-refractivity contribution in [2.24, 2.45) is 0 Å². The molecule has 3 rings (SSSR count). The van der Waals surface area contributed by atoms with Crippen molar-refractivity contribution >= 4 is 33.9 Å². The Labute approximate surface area is 193 Å². The Morgan fingerprint density at radius 2 is 1.61 bits per heavy atom. The monoisotopic (exact) mass is 452 g/mol. The van der Waals surface area contributed by atoms with E-state index in [0.29, 0.717) is 40.7 Å². The minimum absolute atomic E-state index is 0.00871. The van der Waals surface area contributed by atoms with Crippen LogP contribution in [0.15, 0.2) is 28.7 Å². The van der Waals surface area contributed by atoms with Gasteiger partial charge in [-0.15, -0.1) is 0 Å². The number of aryl methyl sites for hydroxylation is 1. The highest BCUT2D eigenvalue weighted by molar-refractivity contribution is 6.18. The van der Waals surface area contributed by atoms with Crippen molar-refractivity contribution in [3.8, 4) is 11.5 Å². The number of phenols is 2. The van der Waals surface area contributed by atoms with Crippen molar-refractivity contribution in [3.63, 3.8) is 0 Å². The van der Waals surface area contributed by atoms with Crippen molar-refractivity contribution in [2.45, 2.75) is 65.2 Å². The Morgan fingerprint density at radius 3 is 2.24 bits per heavy atom. The highest BCUT2D eigenvalue weighted by Gasteiger charge is 2.25. The van der Waals surface area contributed by atoms with E-state index < -0.39 is 0 Å². The Hall–Kier alpha value is -3.48. The maximum Gasteiger partial charge on any atom is 0.197 e. The number of ketones is 2. The number of aromatic hydroxyl groups is 2. The molecule has 2 aromatic carbocycles. The molecule has 0 unspecified atom stereocenters. The van der Waals surface area contributed by atoms with Crippen LogP contribution in [0.25, 0.3) is 11.0 Å². The van der Waals surface area contributed by atoms with E-state index in [-0.39, 0.29) is 46.4 Å². The molecule has 0 spiro atoms. The zero-order valence-electron chi connectivity index (χ0n) is 19.2. The summed E-state index contributed by atoms with van der Waals surface area (Å²) in [5, 5.41) is 21.0. The predicted octanol–water partition coefficient (Wildman–Crippen LogP) is 5.27. The van der Waals surface area contributed by atoms with Gasteiger partial charge in [0.25, 0.3) is 0 Å². The van der Waals surface area contributed by atoms with Gasteiger partial charge >= 0.3 is 0 Å². The molecule has 1 aromatic heterocycles. The highest BCUT2D eigenvalue weighted by atomic mass is 16.3. The van der Waals surface area contributed by atoms with Gasteiger partial charge in [0.15, 0.2) is 11.5 Å². The summed E-state index contributed by atoms with van der Waals surface area (Å²) in [5.41, 5.74) is 13.1. The van der Waals surface area contributed by atoms with Gasteiger partial charge in [0.1, 0.15) is 22.9 Å². The molecule has 0 atom stereocenters. The first-order valence-electron chi connectivity index (χ1n) is 11.5. The van der Waals surface area contributed by atoms with E-state index in [4.69, 9.17) is 15.9 Å². The first kappa shape index (κ1) is 24.2. The minimum atomic E-state index is -0.357. The normalized spacial score (nSPS) is 11.2. The molecule has 3 aromatic rings. The number of carbonyl (C=O) groups is 2. The smallest absolute Gasteiger partial charge is 0.197 e. The van der Waals surface area contributed by atoms with Crippen LogP contribution in [0.5, 0.6) is 11.5 Å². The number of benzene rings is 2. The molecule has 7 nitrogen and oxygen atoms in total. The molecule has 33 heavy (non-hydrogen) atoms. The Morgan fingerprint density at radius 1 is 0.939 bits per heavy atom. The predicted molar refractivity (Wildman–Crippen MR) is 130 cm³/mol. The molecular formula is C26H32N2O5. The van der Waals surface area contributed by atoms with E-state index in [9.17, 15) is 19.8 Å². The molecule has 0 saturated heterocycles. The highest BCUT2D eigenvalue weighted by Crippen LogP contribution is 2.36. The van der Waals surface area contributed by atoms with Gasteiger partial charge < -0.3 is 26.1 Å². The van der Waals surface area contributed by atoms with E-state index in [0.717, 1.165) is 32.1 Å². The third-order valence-corrected chi connectivity index (χ3v) is 5.82. The Balaban J connectivity index is 2.07. The number of hydrogen-bond acceptors (Lipinski definition) is 7. The first-order chi connectivity index (χ1) is 15.8. The number of hydrogen-bond donors (Lipinski definition) is 4. The largest absolute Gasteiger partial charge is 0.508 e. The van der Waals surface area contributed by atoms with Gasteiger partial charge in [-0.05, 0) is 37.1 Å². The number of nitrogen functional groups attached to an aromatic ring is 2. The molecular weight excluding hydrogens is 420 g/mol. The van der Waals surface area contributed by atoms with Crippen LogP contribution in [0.2, 0.25) is 0 Å². The summed E-state index contributed by atoms with van der Waals surface area (Å²) in [6, 6.07) is 5.89. The molecule has 0 saturated carbocycles. The maximum atomic E-state index is 13.5. The number of fused-ring (bicyclic) bond motifs is 1. The molecule has 7 heteroatoms. The fourth-order valence-electron chi connectivity index (χ4n) is 3.96. The molecule has 6 N–H and O–H groups in total. The molecule has 0 fully saturated rings. The molecule has 0 amide bonds. The average molecular weight is 453 g/mol. The second kappa shape index (κ2) is 10.4. The van der Waals surface area contributed by atoms with Gasteiger partial charge in [0, 0.05) is 35.8 Å². The number of phenolic OH excluding ortho intramolecular Hbond substituents is 2. The van der Waals surface area contributed by atoms with Crippen LogP contribution in [0.4, 0.5) is 11.4 Å². The fourth-order valence-corrected chi connectivity index (χ4v) is 3.96. The van der Waals surface area contributed by atoms with Crippen LogP contribution >= 0.6 is 0 Å². The van der Waals surface area contributed by atoms with E-state index in [2.05, 4.69) is 6.92 Å². The summed E-state index contributed by atoms with van der Waals surface area (Å²) >= 11 is 0. The number of nitrogens with two attached hydrogens (primary N) is 2. The van der Waals surface area contributed by atoms with Crippen LogP contribution in [-0.4, -0.2) is 21.8 Å². The number of furan rings is 1. The summed E-state index contributed by atoms with van der Waals surface area (Å²) in [7, 11) is 0. The van der Waals surface area contributed by atoms with Crippen molar-refractivity contribution in [2.75, 3.05) is 11.5 Å². The van der Waals surface area contributed by atoms with Gasteiger partial charge in [0.05, 0.1) is 16.9 Å². The van der Waals surface area contributed by atoms with Crippen molar-refractivity contribution < 1.29 is 24.2 Å². The van der Waals surface area contributed by atoms with Gasteiger partial charge in [0.2, 0.25) is 0 Å². The lowest BCUT2D eigenvalue weighted by Crippen LogP contribution is -2.06. The third kappa shape index (κ3) is 5.30. The van der Waals surface area contributed by atoms with Crippen LogP contribution in [-0.2, 0) is 17.6 Å². The second-order valence-corrected chi connectivity index (χ2v) is 8.49. The zero-order chi connectivity index (χ0) is 24.1. The summed E-state index contributed by atoms with van der Waals surface area (Å²) < 4.78 is 6.08. The van der Waals surface area contributed by atoms with E-state index in [1.807, 2.05) is 6.92 Å². The van der Waals surface area contributed by atoms with Crippen LogP contribution in [0.3, 0.4) is 0 Å². The van der Waals surface area contributed by atoms with Crippen LogP contribution < -0.4 is 11.5 Å². The molecule has 0 radical (unpaired) electrons. The molecule has 1 heterocycles. The second-order valence-electron chi connectivity index (χ2n) is 8.49. The molecule has 176 valence electrons. The number of Topliss-reactive ketones (excluding diaryl/α,β-unsaturated/α-hetero) is 1.